The average Bonchev–Trinajstić information content (AvgIpc) is 3.38. The summed E-state index contributed by atoms with van der Waals surface area (Å²) in [6.07, 6.45) is -0.465. The van der Waals surface area contributed by atoms with Crippen molar-refractivity contribution >= 4 is 12.1 Å². The number of carbonyl (C=O) groups excluding carboxylic acids is 2. The number of amides is 1. The third-order valence-corrected chi connectivity index (χ3v) is 7.32. The lowest BCUT2D eigenvalue weighted by Gasteiger charge is -2.30. The molecule has 8 nitrogen and oxygen atoms in total. The van der Waals surface area contributed by atoms with Crippen LogP contribution in [0.5, 0.6) is 5.75 Å². The number of esters is 1. The van der Waals surface area contributed by atoms with Crippen LogP contribution in [0.15, 0.2) is 54.6 Å². The van der Waals surface area contributed by atoms with E-state index < -0.39 is 11.7 Å². The van der Waals surface area contributed by atoms with E-state index in [1.165, 1.54) is 5.56 Å². The van der Waals surface area contributed by atoms with Gasteiger partial charge in [0, 0.05) is 38.7 Å². The smallest absolute Gasteiger partial charge is 0.410 e. The lowest BCUT2D eigenvalue weighted by atomic mass is 10.1. The number of nitrogens with zero attached hydrogens (tertiary/aromatic N) is 2. The molecule has 2 aromatic rings. The molecule has 1 saturated carbocycles. The lowest BCUT2D eigenvalue weighted by Crippen LogP contribution is -2.43. The molecule has 0 spiro atoms. The van der Waals surface area contributed by atoms with Gasteiger partial charge in [0.2, 0.25) is 0 Å². The predicted octanol–water partition coefficient (Wildman–Crippen LogP) is 4.94. The normalized spacial score (nSPS) is 20.9. The fourth-order valence-electron chi connectivity index (χ4n) is 5.54. The summed E-state index contributed by atoms with van der Waals surface area (Å²) in [5.74, 6) is 1.29. The van der Waals surface area contributed by atoms with Crippen LogP contribution < -0.4 is 4.74 Å². The maximum absolute atomic E-state index is 13.2. The van der Waals surface area contributed by atoms with E-state index in [-0.39, 0.29) is 18.1 Å². The lowest BCUT2D eigenvalue weighted by molar-refractivity contribution is -0.156. The fourth-order valence-corrected chi connectivity index (χ4v) is 5.54. The minimum atomic E-state index is -0.624. The minimum Gasteiger partial charge on any atom is -0.492 e. The first kappa shape index (κ1) is 29.9. The Bertz CT molecular complexity index is 1090. The summed E-state index contributed by atoms with van der Waals surface area (Å²) in [5.41, 5.74) is 1.72. The van der Waals surface area contributed by atoms with Crippen LogP contribution >= 0.6 is 0 Å². The van der Waals surface area contributed by atoms with Gasteiger partial charge in [0.15, 0.2) is 6.10 Å². The molecule has 0 N–H and O–H groups in total. The maximum atomic E-state index is 13.2. The molecule has 1 saturated heterocycles. The summed E-state index contributed by atoms with van der Waals surface area (Å²) in [4.78, 5) is 29.7. The van der Waals surface area contributed by atoms with E-state index in [1.807, 2.05) is 62.9 Å². The Morgan fingerprint density at radius 2 is 1.62 bits per heavy atom. The predicted molar refractivity (Wildman–Crippen MR) is 153 cm³/mol. The third-order valence-electron chi connectivity index (χ3n) is 7.32. The van der Waals surface area contributed by atoms with Crippen molar-refractivity contribution in [3.63, 3.8) is 0 Å². The first-order chi connectivity index (χ1) is 19.2. The Labute approximate surface area is 238 Å². The van der Waals surface area contributed by atoms with E-state index in [0.717, 1.165) is 25.2 Å². The van der Waals surface area contributed by atoms with E-state index in [1.54, 1.807) is 6.92 Å². The zero-order valence-corrected chi connectivity index (χ0v) is 24.5. The van der Waals surface area contributed by atoms with Crippen LogP contribution in [0, 0.1) is 11.8 Å². The third kappa shape index (κ3) is 8.21. The second kappa shape index (κ2) is 13.5. The quantitative estimate of drug-likeness (QED) is 0.326. The topological polar surface area (TPSA) is 77.5 Å². The van der Waals surface area contributed by atoms with Crippen LogP contribution in [0.3, 0.4) is 0 Å². The molecule has 1 heterocycles. The first-order valence-electron chi connectivity index (χ1n) is 14.4. The summed E-state index contributed by atoms with van der Waals surface area (Å²) in [6.45, 7) is 13.8. The highest BCUT2D eigenvalue weighted by Crippen LogP contribution is 2.49. The average molecular weight is 553 g/mol. The van der Waals surface area contributed by atoms with E-state index in [0.29, 0.717) is 50.4 Å². The Morgan fingerprint density at radius 1 is 0.950 bits per heavy atom. The summed E-state index contributed by atoms with van der Waals surface area (Å²) in [7, 11) is 0. The van der Waals surface area contributed by atoms with Gasteiger partial charge in [-0.25, -0.2) is 9.59 Å². The molecule has 0 radical (unpaired) electrons. The van der Waals surface area contributed by atoms with Crippen LogP contribution in [0.1, 0.15) is 45.7 Å². The maximum Gasteiger partial charge on any atom is 0.410 e. The number of hydrogen-bond acceptors (Lipinski definition) is 7. The van der Waals surface area contributed by atoms with Crippen LogP contribution in [-0.2, 0) is 32.0 Å². The van der Waals surface area contributed by atoms with Gasteiger partial charge < -0.3 is 23.8 Å². The van der Waals surface area contributed by atoms with E-state index >= 15 is 0 Å². The van der Waals surface area contributed by atoms with Gasteiger partial charge in [0.05, 0.1) is 13.2 Å². The van der Waals surface area contributed by atoms with Crippen LogP contribution in [0.25, 0.3) is 0 Å². The number of fused-ring (bicyclic) bond motifs is 1. The molecular weight excluding hydrogens is 508 g/mol. The minimum absolute atomic E-state index is 0.186. The second-order valence-corrected chi connectivity index (χ2v) is 11.6. The fraction of sp³-hybridized carbons (Fsp3) is 0.562. The number of ether oxygens (including phenoxy) is 4. The molecule has 0 aromatic heterocycles. The molecule has 2 aromatic carbocycles. The molecule has 218 valence electrons. The molecule has 2 aliphatic rings. The molecule has 1 aliphatic carbocycles. The highest BCUT2D eigenvalue weighted by atomic mass is 16.6. The molecule has 4 rings (SSSR count). The number of rotatable bonds is 13. The van der Waals surface area contributed by atoms with E-state index in [2.05, 4.69) is 29.2 Å². The van der Waals surface area contributed by atoms with E-state index in [4.69, 9.17) is 18.9 Å². The monoisotopic (exact) mass is 552 g/mol. The zero-order valence-electron chi connectivity index (χ0n) is 24.5. The van der Waals surface area contributed by atoms with Crippen molar-refractivity contribution in [1.29, 1.82) is 0 Å². The molecular formula is C32H44N2O6. The number of piperidine rings is 1. The van der Waals surface area contributed by atoms with Crippen LogP contribution in [-0.4, -0.2) is 79.1 Å². The van der Waals surface area contributed by atoms with Gasteiger partial charge in [-0.3, -0.25) is 4.90 Å². The second-order valence-electron chi connectivity index (χ2n) is 11.6. The highest BCUT2D eigenvalue weighted by Gasteiger charge is 2.59. The largest absolute Gasteiger partial charge is 0.492 e. The number of carbonyl (C=O) groups is 2. The molecule has 1 aliphatic heterocycles. The van der Waals surface area contributed by atoms with E-state index in [9.17, 15) is 9.59 Å². The van der Waals surface area contributed by atoms with Crippen LogP contribution in [0.4, 0.5) is 4.79 Å². The highest BCUT2D eigenvalue weighted by molar-refractivity contribution is 5.75. The standard InChI is InChI=1S/C32H44N2O6/c1-6-37-28(30(35)38-7-2)19-23-13-15-25(16-14-23)39-18-17-34(31(36)40-32(3,4)5)29-26-21-33(22-27(26)29)20-24-11-9-8-10-12-24/h8-16,26-29H,6-7,17-22H2,1-5H3/t26-,27?,28+,29?/m1/s1. The summed E-state index contributed by atoms with van der Waals surface area (Å²) < 4.78 is 22.5. The van der Waals surface area contributed by atoms with Crippen molar-refractivity contribution in [1.82, 2.24) is 9.80 Å². The van der Waals surface area contributed by atoms with Crippen molar-refractivity contribution in [2.45, 2.75) is 65.3 Å². The van der Waals surface area contributed by atoms with Crippen LogP contribution in [0.2, 0.25) is 0 Å². The molecule has 1 amide bonds. The molecule has 40 heavy (non-hydrogen) atoms. The molecule has 2 fully saturated rings. The Kier molecular flexibility index (Phi) is 10.1. The molecule has 0 bridgehead atoms. The molecule has 4 atom stereocenters. The number of benzene rings is 2. The summed E-state index contributed by atoms with van der Waals surface area (Å²) in [6, 6.07) is 18.3. The summed E-state index contributed by atoms with van der Waals surface area (Å²) >= 11 is 0. The molecule has 8 heteroatoms. The van der Waals surface area contributed by atoms with Gasteiger partial charge in [-0.2, -0.15) is 0 Å². The molecule has 2 unspecified atom stereocenters. The summed E-state index contributed by atoms with van der Waals surface area (Å²) in [5, 5.41) is 0. The number of hydrogen-bond donors (Lipinski definition) is 0. The van der Waals surface area contributed by atoms with Crippen molar-refractivity contribution in [3.8, 4) is 5.75 Å². The first-order valence-corrected chi connectivity index (χ1v) is 14.4. The van der Waals surface area contributed by atoms with Gasteiger partial charge in [-0.15, -0.1) is 0 Å². The Morgan fingerprint density at radius 3 is 2.23 bits per heavy atom. The van der Waals surface area contributed by atoms with Gasteiger partial charge >= 0.3 is 12.1 Å². The number of likely N-dealkylation sites (tertiary alicyclic amines) is 1. The van der Waals surface area contributed by atoms with Gasteiger partial charge in [0.25, 0.3) is 0 Å². The Hall–Kier alpha value is -3.10. The van der Waals surface area contributed by atoms with Gasteiger partial charge in [-0.05, 0) is 69.7 Å². The Balaban J connectivity index is 1.30. The zero-order chi connectivity index (χ0) is 28.7. The van der Waals surface area contributed by atoms with Crippen molar-refractivity contribution < 1.29 is 28.5 Å². The van der Waals surface area contributed by atoms with Crippen molar-refractivity contribution in [3.05, 3.63) is 65.7 Å². The van der Waals surface area contributed by atoms with Crippen molar-refractivity contribution in [2.24, 2.45) is 11.8 Å². The SMILES string of the molecule is CCOC(=O)[C@H](Cc1ccc(OCCN(C(=O)OC(C)(C)C)C2C3CN(Cc4ccccc4)C[C@H]32)cc1)OCC. The van der Waals surface area contributed by atoms with Crippen molar-refractivity contribution in [2.75, 3.05) is 39.5 Å². The van der Waals surface area contributed by atoms with Gasteiger partial charge in [-0.1, -0.05) is 42.5 Å². The van der Waals surface area contributed by atoms with Gasteiger partial charge in [0.1, 0.15) is 18.0 Å².